The molecule has 60 valence electrons. The van der Waals surface area contributed by atoms with Gasteiger partial charge in [-0.2, -0.15) is 0 Å². The van der Waals surface area contributed by atoms with Crippen molar-refractivity contribution in [1.29, 1.82) is 0 Å². The lowest BCUT2D eigenvalue weighted by Crippen LogP contribution is -1.93. The molecule has 0 saturated heterocycles. The van der Waals surface area contributed by atoms with E-state index in [0.717, 1.165) is 5.56 Å². The van der Waals surface area contributed by atoms with Gasteiger partial charge < -0.3 is 9.84 Å². The van der Waals surface area contributed by atoms with Gasteiger partial charge in [-0.3, -0.25) is 0 Å². The third kappa shape index (κ3) is 1.91. The molecule has 1 N–H and O–H groups in total. The molecule has 1 heterocycles. The lowest BCUT2D eigenvalue weighted by atomic mass is 10.2. The molecule has 1 rings (SSSR count). The first-order chi connectivity index (χ1) is 5.24. The molecule has 1 unspecified atom stereocenters. The summed E-state index contributed by atoms with van der Waals surface area (Å²) in [4.78, 5) is 3.91. The third-order valence-corrected chi connectivity index (χ3v) is 1.45. The number of aliphatic hydroxyl groups is 1. The smallest absolute Gasteiger partial charge is 0.213 e. The number of ether oxygens (including phenoxy) is 1. The first-order valence-corrected chi connectivity index (χ1v) is 3.42. The molecular formula is C8H11NO2. The topological polar surface area (TPSA) is 42.4 Å². The van der Waals surface area contributed by atoms with Crippen molar-refractivity contribution in [2.45, 2.75) is 13.0 Å². The Hall–Kier alpha value is -1.09. The quantitative estimate of drug-likeness (QED) is 0.692. The maximum absolute atomic E-state index is 9.16. The molecule has 0 aliphatic heterocycles. The molecule has 3 nitrogen and oxygen atoms in total. The van der Waals surface area contributed by atoms with E-state index < -0.39 is 6.10 Å². The van der Waals surface area contributed by atoms with Crippen LogP contribution in [0.15, 0.2) is 18.3 Å². The highest BCUT2D eigenvalue weighted by molar-refractivity contribution is 5.21. The maximum atomic E-state index is 9.16. The monoisotopic (exact) mass is 153 g/mol. The van der Waals surface area contributed by atoms with Gasteiger partial charge in [0.2, 0.25) is 5.88 Å². The average molecular weight is 153 g/mol. The molecule has 0 aliphatic rings. The molecule has 0 fully saturated rings. The van der Waals surface area contributed by atoms with E-state index in [0.29, 0.717) is 5.88 Å². The third-order valence-electron chi connectivity index (χ3n) is 1.45. The predicted molar refractivity (Wildman–Crippen MR) is 41.4 cm³/mol. The SMILES string of the molecule is COc1cc(C(C)O)ccn1. The summed E-state index contributed by atoms with van der Waals surface area (Å²) in [7, 11) is 1.55. The number of methoxy groups -OCH3 is 1. The van der Waals surface area contributed by atoms with Crippen molar-refractivity contribution in [1.82, 2.24) is 4.98 Å². The molecule has 1 aromatic heterocycles. The molecule has 1 atom stereocenters. The van der Waals surface area contributed by atoms with Crippen LogP contribution < -0.4 is 4.74 Å². The fourth-order valence-corrected chi connectivity index (χ4v) is 0.796. The summed E-state index contributed by atoms with van der Waals surface area (Å²) in [5.41, 5.74) is 0.817. The first kappa shape index (κ1) is 8.01. The van der Waals surface area contributed by atoms with E-state index in [1.807, 2.05) is 0 Å². The fourth-order valence-electron chi connectivity index (χ4n) is 0.796. The van der Waals surface area contributed by atoms with Gasteiger partial charge in [0.05, 0.1) is 13.2 Å². The highest BCUT2D eigenvalue weighted by atomic mass is 16.5. The molecule has 0 aliphatic carbocycles. The Kier molecular flexibility index (Phi) is 2.44. The first-order valence-electron chi connectivity index (χ1n) is 3.42. The summed E-state index contributed by atoms with van der Waals surface area (Å²) in [5.74, 6) is 0.531. The Balaban J connectivity index is 2.91. The summed E-state index contributed by atoms with van der Waals surface area (Å²) in [5, 5.41) is 9.16. The Bertz CT molecular complexity index is 235. The van der Waals surface area contributed by atoms with Crippen LogP contribution in [-0.4, -0.2) is 17.2 Å². The van der Waals surface area contributed by atoms with Gasteiger partial charge in [0, 0.05) is 12.3 Å². The predicted octanol–water partition coefficient (Wildman–Crippen LogP) is 1.14. The summed E-state index contributed by atoms with van der Waals surface area (Å²) in [6, 6.07) is 3.47. The number of rotatable bonds is 2. The summed E-state index contributed by atoms with van der Waals surface area (Å²) < 4.78 is 4.88. The molecule has 11 heavy (non-hydrogen) atoms. The molecule has 0 aromatic carbocycles. The molecular weight excluding hydrogens is 142 g/mol. The molecule has 3 heteroatoms. The molecule has 0 saturated carbocycles. The number of hydrogen-bond acceptors (Lipinski definition) is 3. The van der Waals surface area contributed by atoms with Crippen LogP contribution in [0.1, 0.15) is 18.6 Å². The normalized spacial score (nSPS) is 12.6. The van der Waals surface area contributed by atoms with E-state index in [2.05, 4.69) is 4.98 Å². The summed E-state index contributed by atoms with van der Waals surface area (Å²) in [6.07, 6.45) is 1.15. The number of pyridine rings is 1. The molecule has 0 radical (unpaired) electrons. The van der Waals surface area contributed by atoms with Crippen molar-refractivity contribution in [2.75, 3.05) is 7.11 Å². The molecule has 0 spiro atoms. The summed E-state index contributed by atoms with van der Waals surface area (Å²) >= 11 is 0. The minimum Gasteiger partial charge on any atom is -0.481 e. The van der Waals surface area contributed by atoms with Gasteiger partial charge in [-0.15, -0.1) is 0 Å². The van der Waals surface area contributed by atoms with E-state index in [1.165, 1.54) is 0 Å². The van der Waals surface area contributed by atoms with Gasteiger partial charge in [0.1, 0.15) is 0 Å². The Morgan fingerprint density at radius 2 is 2.36 bits per heavy atom. The summed E-state index contributed by atoms with van der Waals surface area (Å²) in [6.45, 7) is 1.70. The van der Waals surface area contributed by atoms with Crippen LogP contribution in [0.5, 0.6) is 5.88 Å². The lowest BCUT2D eigenvalue weighted by molar-refractivity contribution is 0.198. The number of nitrogens with zero attached hydrogens (tertiary/aromatic N) is 1. The van der Waals surface area contributed by atoms with Gasteiger partial charge in [0.15, 0.2) is 0 Å². The second kappa shape index (κ2) is 3.34. The van der Waals surface area contributed by atoms with Crippen LogP contribution in [-0.2, 0) is 0 Å². The zero-order valence-electron chi connectivity index (χ0n) is 6.61. The second-order valence-electron chi connectivity index (χ2n) is 2.31. The molecule has 0 bridgehead atoms. The zero-order valence-corrected chi connectivity index (χ0v) is 6.61. The number of aromatic nitrogens is 1. The fraction of sp³-hybridized carbons (Fsp3) is 0.375. The van der Waals surface area contributed by atoms with Crippen molar-refractivity contribution in [3.05, 3.63) is 23.9 Å². The maximum Gasteiger partial charge on any atom is 0.213 e. The van der Waals surface area contributed by atoms with Crippen molar-refractivity contribution < 1.29 is 9.84 Å². The van der Waals surface area contributed by atoms with Gasteiger partial charge in [-0.1, -0.05) is 0 Å². The second-order valence-corrected chi connectivity index (χ2v) is 2.31. The van der Waals surface area contributed by atoms with E-state index in [1.54, 1.807) is 32.4 Å². The minimum atomic E-state index is -0.466. The van der Waals surface area contributed by atoms with E-state index in [-0.39, 0.29) is 0 Å². The van der Waals surface area contributed by atoms with Crippen LogP contribution in [0.3, 0.4) is 0 Å². The number of aliphatic hydroxyl groups excluding tert-OH is 1. The van der Waals surface area contributed by atoms with Gasteiger partial charge in [-0.25, -0.2) is 4.98 Å². The average Bonchev–Trinajstić information content (AvgIpc) is 2.05. The van der Waals surface area contributed by atoms with E-state index >= 15 is 0 Å². The Labute approximate surface area is 65.7 Å². The van der Waals surface area contributed by atoms with E-state index in [9.17, 15) is 0 Å². The largest absolute Gasteiger partial charge is 0.481 e. The van der Waals surface area contributed by atoms with Crippen LogP contribution in [0, 0.1) is 0 Å². The van der Waals surface area contributed by atoms with Crippen molar-refractivity contribution in [2.24, 2.45) is 0 Å². The molecule has 1 aromatic rings. The van der Waals surface area contributed by atoms with Gasteiger partial charge >= 0.3 is 0 Å². The zero-order chi connectivity index (χ0) is 8.27. The van der Waals surface area contributed by atoms with Crippen LogP contribution >= 0.6 is 0 Å². The van der Waals surface area contributed by atoms with Crippen LogP contribution in [0.4, 0.5) is 0 Å². The van der Waals surface area contributed by atoms with Gasteiger partial charge in [-0.05, 0) is 18.6 Å². The Morgan fingerprint density at radius 1 is 1.64 bits per heavy atom. The minimum absolute atomic E-state index is 0.466. The van der Waals surface area contributed by atoms with Crippen LogP contribution in [0.2, 0.25) is 0 Å². The van der Waals surface area contributed by atoms with Crippen molar-refractivity contribution >= 4 is 0 Å². The van der Waals surface area contributed by atoms with Crippen LogP contribution in [0.25, 0.3) is 0 Å². The number of hydrogen-bond donors (Lipinski definition) is 1. The van der Waals surface area contributed by atoms with Crippen molar-refractivity contribution in [3.63, 3.8) is 0 Å². The highest BCUT2D eigenvalue weighted by Gasteiger charge is 2.01. The molecule has 0 amide bonds. The highest BCUT2D eigenvalue weighted by Crippen LogP contribution is 2.15. The van der Waals surface area contributed by atoms with E-state index in [4.69, 9.17) is 9.84 Å². The van der Waals surface area contributed by atoms with Crippen molar-refractivity contribution in [3.8, 4) is 5.88 Å². The standard InChI is InChI=1S/C8H11NO2/c1-6(10)7-3-4-9-8(5-7)11-2/h3-6,10H,1-2H3. The van der Waals surface area contributed by atoms with Gasteiger partial charge in [0.25, 0.3) is 0 Å². The lowest BCUT2D eigenvalue weighted by Gasteiger charge is -2.04. The Morgan fingerprint density at radius 3 is 2.91 bits per heavy atom.